The van der Waals surface area contributed by atoms with Crippen LogP contribution < -0.4 is 10.4 Å². The summed E-state index contributed by atoms with van der Waals surface area (Å²) in [5.41, 5.74) is 0.0117. The molecule has 120 valence electrons. The molecule has 8 nitrogen and oxygen atoms in total. The van der Waals surface area contributed by atoms with E-state index < -0.39 is 16.5 Å². The number of nitro benzene ring substituents is 1. The second-order valence-electron chi connectivity index (χ2n) is 4.88. The predicted octanol–water partition coefficient (Wildman–Crippen LogP) is 2.69. The number of nitrogens with zero attached hydrogens (tertiary/aromatic N) is 2. The molecular weight excluding hydrogens is 316 g/mol. The van der Waals surface area contributed by atoms with E-state index in [0.29, 0.717) is 11.1 Å². The van der Waals surface area contributed by atoms with Gasteiger partial charge in [-0.2, -0.15) is 0 Å². The first-order chi connectivity index (χ1) is 11.4. The average molecular weight is 326 g/mol. The van der Waals surface area contributed by atoms with E-state index in [1.807, 2.05) is 0 Å². The summed E-state index contributed by atoms with van der Waals surface area (Å²) in [6.45, 7) is 1.26. The van der Waals surface area contributed by atoms with Crippen LogP contribution >= 0.6 is 0 Å². The van der Waals surface area contributed by atoms with Crippen molar-refractivity contribution in [1.29, 1.82) is 0 Å². The lowest BCUT2D eigenvalue weighted by molar-refractivity contribution is -0.384. The molecule has 0 unspecified atom stereocenters. The van der Waals surface area contributed by atoms with Crippen molar-refractivity contribution >= 4 is 22.6 Å². The molecule has 3 rings (SSSR count). The quantitative estimate of drug-likeness (QED) is 0.315. The Hall–Kier alpha value is -3.55. The topological polar surface area (TPSA) is 113 Å². The van der Waals surface area contributed by atoms with E-state index in [2.05, 4.69) is 4.98 Å². The van der Waals surface area contributed by atoms with E-state index in [9.17, 15) is 19.7 Å². The Kier molecular flexibility index (Phi) is 3.78. The van der Waals surface area contributed by atoms with E-state index in [0.717, 1.165) is 0 Å². The highest BCUT2D eigenvalue weighted by atomic mass is 16.6. The van der Waals surface area contributed by atoms with Crippen LogP contribution in [0, 0.1) is 10.1 Å². The number of benzene rings is 2. The van der Waals surface area contributed by atoms with Crippen molar-refractivity contribution in [2.24, 2.45) is 0 Å². The molecule has 1 heterocycles. The Morgan fingerprint density at radius 1 is 1.21 bits per heavy atom. The Bertz CT molecular complexity index is 1010. The SMILES string of the molecule is CC(=O)Oc1ccc2c(=O)oc(-c3ccc([N+](=O)[O-])cc3)nc2c1. The number of ether oxygens (including phenoxy) is 1. The molecule has 0 aliphatic rings. The van der Waals surface area contributed by atoms with Crippen LogP contribution in [0.1, 0.15) is 6.92 Å². The van der Waals surface area contributed by atoms with E-state index in [4.69, 9.17) is 9.15 Å². The van der Waals surface area contributed by atoms with E-state index in [1.54, 1.807) is 0 Å². The number of esters is 1. The molecule has 0 fully saturated rings. The fraction of sp³-hybridized carbons (Fsp3) is 0.0625. The summed E-state index contributed by atoms with van der Waals surface area (Å²) in [6.07, 6.45) is 0. The number of hydrogen-bond donors (Lipinski definition) is 0. The summed E-state index contributed by atoms with van der Waals surface area (Å²) in [5.74, 6) is -0.224. The molecule has 0 saturated carbocycles. The zero-order valence-corrected chi connectivity index (χ0v) is 12.4. The van der Waals surface area contributed by atoms with Crippen LogP contribution in [0.2, 0.25) is 0 Å². The van der Waals surface area contributed by atoms with Crippen molar-refractivity contribution in [3.05, 3.63) is 63.0 Å². The van der Waals surface area contributed by atoms with E-state index in [1.165, 1.54) is 49.4 Å². The molecule has 0 saturated heterocycles. The number of fused-ring (bicyclic) bond motifs is 1. The maximum absolute atomic E-state index is 12.1. The number of hydrogen-bond acceptors (Lipinski definition) is 7. The summed E-state index contributed by atoms with van der Waals surface area (Å²) in [4.78, 5) is 37.4. The van der Waals surface area contributed by atoms with Gasteiger partial charge >= 0.3 is 11.6 Å². The lowest BCUT2D eigenvalue weighted by atomic mass is 10.2. The third kappa shape index (κ3) is 2.98. The molecule has 3 aromatic rings. The first-order valence-electron chi connectivity index (χ1n) is 6.82. The minimum absolute atomic E-state index is 0.0161. The highest BCUT2D eigenvalue weighted by molar-refractivity contribution is 5.81. The van der Waals surface area contributed by atoms with Gasteiger partial charge in [-0.3, -0.25) is 14.9 Å². The van der Waals surface area contributed by atoms with E-state index >= 15 is 0 Å². The fourth-order valence-corrected chi connectivity index (χ4v) is 2.13. The number of rotatable bonds is 3. The summed E-state index contributed by atoms with van der Waals surface area (Å²) in [7, 11) is 0. The van der Waals surface area contributed by atoms with Crippen LogP contribution in [0.25, 0.3) is 22.4 Å². The van der Waals surface area contributed by atoms with Crippen molar-refractivity contribution in [3.8, 4) is 17.2 Å². The lowest BCUT2D eigenvalue weighted by Crippen LogP contribution is -2.05. The van der Waals surface area contributed by atoms with Crippen LogP contribution in [-0.2, 0) is 4.79 Å². The second-order valence-corrected chi connectivity index (χ2v) is 4.88. The molecule has 2 aromatic carbocycles. The maximum atomic E-state index is 12.1. The summed E-state index contributed by atoms with van der Waals surface area (Å²) < 4.78 is 10.1. The highest BCUT2D eigenvalue weighted by Gasteiger charge is 2.12. The van der Waals surface area contributed by atoms with Crippen molar-refractivity contribution in [3.63, 3.8) is 0 Å². The smallest absolute Gasteiger partial charge is 0.347 e. The van der Waals surface area contributed by atoms with Crippen LogP contribution in [0.5, 0.6) is 5.75 Å². The van der Waals surface area contributed by atoms with Gasteiger partial charge in [-0.1, -0.05) is 0 Å². The number of non-ortho nitro benzene ring substituents is 1. The molecule has 24 heavy (non-hydrogen) atoms. The number of nitro groups is 1. The summed E-state index contributed by atoms with van der Waals surface area (Å²) >= 11 is 0. The van der Waals surface area contributed by atoms with Gasteiger partial charge in [-0.05, 0) is 24.3 Å². The third-order valence-electron chi connectivity index (χ3n) is 3.19. The maximum Gasteiger partial charge on any atom is 0.347 e. The van der Waals surface area contributed by atoms with Crippen LogP contribution in [-0.4, -0.2) is 15.9 Å². The Labute approximate surface area is 134 Å². The van der Waals surface area contributed by atoms with Gasteiger partial charge in [0.2, 0.25) is 5.89 Å². The number of carbonyl (C=O) groups excluding carboxylic acids is 1. The summed E-state index contributed by atoms with van der Waals surface area (Å²) in [6, 6.07) is 9.81. The van der Waals surface area contributed by atoms with Crippen molar-refractivity contribution in [2.45, 2.75) is 6.92 Å². The normalized spacial score (nSPS) is 10.5. The van der Waals surface area contributed by atoms with Crippen molar-refractivity contribution in [1.82, 2.24) is 4.98 Å². The van der Waals surface area contributed by atoms with Gasteiger partial charge < -0.3 is 9.15 Å². The highest BCUT2D eigenvalue weighted by Crippen LogP contribution is 2.23. The molecular formula is C16H10N2O6. The van der Waals surface area contributed by atoms with Crippen LogP contribution in [0.4, 0.5) is 5.69 Å². The molecule has 0 aliphatic heterocycles. The van der Waals surface area contributed by atoms with Crippen molar-refractivity contribution in [2.75, 3.05) is 0 Å². The Morgan fingerprint density at radius 2 is 1.92 bits per heavy atom. The zero-order valence-electron chi connectivity index (χ0n) is 12.4. The molecule has 0 bridgehead atoms. The lowest BCUT2D eigenvalue weighted by Gasteiger charge is -2.04. The number of aromatic nitrogens is 1. The van der Waals surface area contributed by atoms with Gasteiger partial charge in [0, 0.05) is 30.7 Å². The molecule has 0 N–H and O–H groups in total. The summed E-state index contributed by atoms with van der Waals surface area (Å²) in [5, 5.41) is 10.9. The van der Waals surface area contributed by atoms with E-state index in [-0.39, 0.29) is 22.7 Å². The Morgan fingerprint density at radius 3 is 2.54 bits per heavy atom. The standard InChI is InChI=1S/C16H10N2O6/c1-9(19)23-12-6-7-13-14(8-12)17-15(24-16(13)20)10-2-4-11(5-3-10)18(21)22/h2-8H,1H3. The minimum atomic E-state index is -0.609. The molecule has 0 aliphatic carbocycles. The monoisotopic (exact) mass is 326 g/mol. The molecule has 1 aromatic heterocycles. The molecule has 0 spiro atoms. The largest absolute Gasteiger partial charge is 0.427 e. The molecule has 8 heteroatoms. The predicted molar refractivity (Wildman–Crippen MR) is 83.7 cm³/mol. The minimum Gasteiger partial charge on any atom is -0.427 e. The van der Waals surface area contributed by atoms with Gasteiger partial charge in [-0.25, -0.2) is 9.78 Å². The molecule has 0 atom stereocenters. The Balaban J connectivity index is 2.09. The van der Waals surface area contributed by atoms with Gasteiger partial charge in [-0.15, -0.1) is 0 Å². The van der Waals surface area contributed by atoms with Crippen LogP contribution in [0.15, 0.2) is 51.7 Å². The zero-order chi connectivity index (χ0) is 17.3. The first kappa shape index (κ1) is 15.3. The molecule has 0 radical (unpaired) electrons. The van der Waals surface area contributed by atoms with Gasteiger partial charge in [0.05, 0.1) is 15.8 Å². The van der Waals surface area contributed by atoms with Crippen LogP contribution in [0.3, 0.4) is 0 Å². The van der Waals surface area contributed by atoms with Gasteiger partial charge in [0.15, 0.2) is 0 Å². The van der Waals surface area contributed by atoms with Gasteiger partial charge in [0.25, 0.3) is 5.69 Å². The second kappa shape index (κ2) is 5.92. The fourth-order valence-electron chi connectivity index (χ4n) is 2.13. The average Bonchev–Trinajstić information content (AvgIpc) is 2.54. The first-order valence-corrected chi connectivity index (χ1v) is 6.82. The molecule has 0 amide bonds. The third-order valence-corrected chi connectivity index (χ3v) is 3.19. The number of carbonyl (C=O) groups is 1. The van der Waals surface area contributed by atoms with Gasteiger partial charge in [0.1, 0.15) is 5.75 Å². The van der Waals surface area contributed by atoms with Crippen molar-refractivity contribution < 1.29 is 18.9 Å².